The fraction of sp³-hybridized carbons (Fsp3) is 0.750. The summed E-state index contributed by atoms with van der Waals surface area (Å²) < 4.78 is 39.8. The van der Waals surface area contributed by atoms with E-state index in [0.29, 0.717) is 0 Å². The average Bonchev–Trinajstić information content (AvgIpc) is 1.85. The minimum atomic E-state index is -4.24. The lowest BCUT2D eigenvalue weighted by Gasteiger charge is -2.14. The van der Waals surface area contributed by atoms with Gasteiger partial charge in [-0.1, -0.05) is 19.9 Å². The van der Waals surface area contributed by atoms with Gasteiger partial charge in [-0.15, -0.1) is 0 Å². The summed E-state index contributed by atoms with van der Waals surface area (Å²) in [4.78, 5) is 0. The van der Waals surface area contributed by atoms with Crippen molar-refractivity contribution in [1.29, 1.82) is 0 Å². The molecule has 0 saturated carbocycles. The Balaban J connectivity index is 4.11. The summed E-state index contributed by atoms with van der Waals surface area (Å²) in [6, 6.07) is 0. The van der Waals surface area contributed by atoms with Gasteiger partial charge in [0.25, 0.3) is 0 Å². The van der Waals surface area contributed by atoms with E-state index in [1.54, 1.807) is 13.8 Å². The molecule has 0 heterocycles. The highest BCUT2D eigenvalue weighted by Crippen LogP contribution is 2.18. The molecule has 0 aromatic carbocycles. The maximum atomic E-state index is 11.7. The summed E-state index contributed by atoms with van der Waals surface area (Å²) in [5, 5.41) is 0. The smallest absolute Gasteiger partial charge is 0.377 e. The topological polar surface area (TPSA) is 9.23 Å². The summed E-state index contributed by atoms with van der Waals surface area (Å²) >= 11 is 0. The summed E-state index contributed by atoms with van der Waals surface area (Å²) in [5.74, 6) is 0.0496. The quantitative estimate of drug-likeness (QED) is 0.610. The Morgan fingerprint density at radius 1 is 1.25 bits per heavy atom. The summed E-state index contributed by atoms with van der Waals surface area (Å²) in [6.07, 6.45) is -3.47. The molecule has 0 radical (unpaired) electrons. The first-order chi connectivity index (χ1) is 5.37. The minimum Gasteiger partial charge on any atom is -0.377 e. The lowest BCUT2D eigenvalue weighted by Crippen LogP contribution is -2.16. The number of allylic oxidation sites excluding steroid dienone is 1. The summed E-state index contributed by atoms with van der Waals surface area (Å²) in [5.41, 5.74) is 0. The van der Waals surface area contributed by atoms with Crippen molar-refractivity contribution < 1.29 is 17.9 Å². The molecule has 1 nitrogen and oxygen atoms in total. The molecule has 0 bridgehead atoms. The van der Waals surface area contributed by atoms with Crippen molar-refractivity contribution in [2.24, 2.45) is 5.92 Å². The van der Waals surface area contributed by atoms with Crippen molar-refractivity contribution in [2.75, 3.05) is 7.11 Å². The van der Waals surface area contributed by atoms with Gasteiger partial charge in [0.15, 0.2) is 0 Å². The van der Waals surface area contributed by atoms with E-state index in [0.717, 1.165) is 6.08 Å². The number of hydrogen-bond donors (Lipinski definition) is 0. The molecule has 0 aliphatic heterocycles. The number of halogens is 3. The molecular weight excluding hydrogens is 169 g/mol. The fourth-order valence-corrected chi connectivity index (χ4v) is 0.777. The Hall–Kier alpha value is -0.510. The largest absolute Gasteiger partial charge is 0.409 e. The van der Waals surface area contributed by atoms with Gasteiger partial charge in [0, 0.05) is 13.2 Å². The van der Waals surface area contributed by atoms with Crippen molar-refractivity contribution in [2.45, 2.75) is 26.1 Å². The number of rotatable bonds is 3. The third-order valence-corrected chi connectivity index (χ3v) is 1.40. The Bertz CT molecular complexity index is 149. The first-order valence-electron chi connectivity index (χ1n) is 3.65. The van der Waals surface area contributed by atoms with Gasteiger partial charge in [-0.2, -0.15) is 13.2 Å². The van der Waals surface area contributed by atoms with Crippen LogP contribution in [0.4, 0.5) is 13.2 Å². The van der Waals surface area contributed by atoms with E-state index in [1.165, 1.54) is 7.11 Å². The molecule has 0 aromatic rings. The molecule has 1 atom stereocenters. The Morgan fingerprint density at radius 3 is 2.00 bits per heavy atom. The Morgan fingerprint density at radius 2 is 1.75 bits per heavy atom. The van der Waals surface area contributed by atoms with Crippen LogP contribution in [0.2, 0.25) is 0 Å². The van der Waals surface area contributed by atoms with Crippen molar-refractivity contribution in [3.63, 3.8) is 0 Å². The predicted octanol–water partition coefficient (Wildman–Crippen LogP) is 2.78. The van der Waals surface area contributed by atoms with Crippen LogP contribution in [0.25, 0.3) is 0 Å². The summed E-state index contributed by atoms with van der Waals surface area (Å²) in [6.45, 7) is 3.60. The molecular formula is C8H13F3O. The Kier molecular flexibility index (Phi) is 4.31. The first-order valence-corrected chi connectivity index (χ1v) is 3.65. The van der Waals surface area contributed by atoms with E-state index in [-0.39, 0.29) is 12.0 Å². The molecule has 1 unspecified atom stereocenters. The highest BCUT2D eigenvalue weighted by molar-refractivity contribution is 4.95. The SMILES string of the molecule is COC(/C=C/C(F)(F)F)C(C)C. The monoisotopic (exact) mass is 182 g/mol. The van der Waals surface area contributed by atoms with E-state index in [9.17, 15) is 13.2 Å². The number of methoxy groups -OCH3 is 1. The van der Waals surface area contributed by atoms with Gasteiger partial charge in [-0.25, -0.2) is 0 Å². The molecule has 0 N–H and O–H groups in total. The van der Waals surface area contributed by atoms with Crippen LogP contribution >= 0.6 is 0 Å². The molecule has 0 aliphatic rings. The van der Waals surface area contributed by atoms with Crippen LogP contribution in [-0.4, -0.2) is 19.4 Å². The summed E-state index contributed by atoms with van der Waals surface area (Å²) in [7, 11) is 1.39. The maximum Gasteiger partial charge on any atom is 0.409 e. The van der Waals surface area contributed by atoms with E-state index in [1.807, 2.05) is 0 Å². The van der Waals surface area contributed by atoms with Crippen LogP contribution in [0.15, 0.2) is 12.2 Å². The van der Waals surface area contributed by atoms with Crippen LogP contribution in [0.5, 0.6) is 0 Å². The molecule has 72 valence electrons. The number of hydrogen-bond acceptors (Lipinski definition) is 1. The molecule has 0 amide bonds. The second-order valence-corrected chi connectivity index (χ2v) is 2.85. The van der Waals surface area contributed by atoms with Gasteiger partial charge < -0.3 is 4.74 Å². The second-order valence-electron chi connectivity index (χ2n) is 2.85. The fourth-order valence-electron chi connectivity index (χ4n) is 0.777. The van der Waals surface area contributed by atoms with Crippen molar-refractivity contribution >= 4 is 0 Å². The zero-order valence-corrected chi connectivity index (χ0v) is 7.35. The van der Waals surface area contributed by atoms with Gasteiger partial charge in [0.1, 0.15) is 0 Å². The molecule has 0 fully saturated rings. The second kappa shape index (κ2) is 4.50. The van der Waals surface area contributed by atoms with E-state index < -0.39 is 12.3 Å². The van der Waals surface area contributed by atoms with Gasteiger partial charge in [0.05, 0.1) is 6.10 Å². The van der Waals surface area contributed by atoms with Crippen molar-refractivity contribution in [3.05, 3.63) is 12.2 Å². The molecule has 0 aromatic heterocycles. The molecule has 12 heavy (non-hydrogen) atoms. The molecule has 0 rings (SSSR count). The lowest BCUT2D eigenvalue weighted by atomic mass is 10.1. The van der Waals surface area contributed by atoms with Crippen molar-refractivity contribution in [3.8, 4) is 0 Å². The average molecular weight is 182 g/mol. The van der Waals surface area contributed by atoms with Gasteiger partial charge in [-0.05, 0) is 5.92 Å². The number of ether oxygens (including phenoxy) is 1. The van der Waals surface area contributed by atoms with E-state index in [2.05, 4.69) is 0 Å². The highest BCUT2D eigenvalue weighted by Gasteiger charge is 2.23. The van der Waals surface area contributed by atoms with Crippen LogP contribution < -0.4 is 0 Å². The molecule has 4 heteroatoms. The lowest BCUT2D eigenvalue weighted by molar-refractivity contribution is -0.0809. The van der Waals surface area contributed by atoms with Crippen LogP contribution in [0.1, 0.15) is 13.8 Å². The maximum absolute atomic E-state index is 11.7. The van der Waals surface area contributed by atoms with Gasteiger partial charge >= 0.3 is 6.18 Å². The third kappa shape index (κ3) is 5.18. The zero-order chi connectivity index (χ0) is 9.78. The highest BCUT2D eigenvalue weighted by atomic mass is 19.4. The standard InChI is InChI=1S/C8H13F3O/c1-6(2)7(12-3)4-5-8(9,10)11/h4-7H,1-3H3/b5-4+. The normalized spacial score (nSPS) is 15.9. The van der Waals surface area contributed by atoms with E-state index in [4.69, 9.17) is 4.74 Å². The molecule has 0 spiro atoms. The van der Waals surface area contributed by atoms with E-state index >= 15 is 0 Å². The van der Waals surface area contributed by atoms with Crippen LogP contribution in [0.3, 0.4) is 0 Å². The third-order valence-electron chi connectivity index (χ3n) is 1.40. The zero-order valence-electron chi connectivity index (χ0n) is 7.35. The molecule has 0 aliphatic carbocycles. The first kappa shape index (κ1) is 11.5. The molecule has 0 saturated heterocycles. The van der Waals surface area contributed by atoms with Gasteiger partial charge in [0.2, 0.25) is 0 Å². The van der Waals surface area contributed by atoms with Crippen LogP contribution in [-0.2, 0) is 4.74 Å². The van der Waals surface area contributed by atoms with Gasteiger partial charge in [-0.3, -0.25) is 0 Å². The van der Waals surface area contributed by atoms with Crippen molar-refractivity contribution in [1.82, 2.24) is 0 Å². The minimum absolute atomic E-state index is 0.0496. The Labute approximate surface area is 70.2 Å². The number of alkyl halides is 3. The van der Waals surface area contributed by atoms with Crippen LogP contribution in [0, 0.1) is 5.92 Å². The predicted molar refractivity (Wildman–Crippen MR) is 40.8 cm³/mol.